The average molecular weight is 296 g/mol. The van der Waals surface area contributed by atoms with Crippen molar-refractivity contribution in [3.8, 4) is 17.2 Å². The monoisotopic (exact) mass is 296 g/mol. The van der Waals surface area contributed by atoms with Gasteiger partial charge in [-0.2, -0.15) is 0 Å². The minimum atomic E-state index is -0.788. The number of carbonyl (C=O) groups is 1. The second-order valence-corrected chi connectivity index (χ2v) is 4.15. The Kier molecular flexibility index (Phi) is 4.49. The summed E-state index contributed by atoms with van der Waals surface area (Å²) in [6.45, 7) is 0.0540. The van der Waals surface area contributed by atoms with Crippen molar-refractivity contribution in [3.05, 3.63) is 17.7 Å². The first-order chi connectivity index (χ1) is 10.1. The van der Waals surface area contributed by atoms with Crippen LogP contribution in [-0.2, 0) is 9.53 Å². The van der Waals surface area contributed by atoms with E-state index in [1.165, 1.54) is 21.3 Å². The zero-order chi connectivity index (χ0) is 15.4. The van der Waals surface area contributed by atoms with Crippen LogP contribution in [0.5, 0.6) is 17.2 Å². The smallest absolute Gasteiger partial charge is 0.271 e. The highest BCUT2D eigenvalue weighted by molar-refractivity contribution is 5.99. The van der Waals surface area contributed by atoms with Crippen molar-refractivity contribution in [1.29, 1.82) is 0 Å². The number of carbonyl (C=O) groups excluding carboxylic acids is 1. The molecule has 114 valence electrons. The van der Waals surface area contributed by atoms with Crippen molar-refractivity contribution in [2.75, 3.05) is 27.9 Å². The number of nitrogens with zero attached hydrogens (tertiary/aromatic N) is 1. The summed E-state index contributed by atoms with van der Waals surface area (Å²) in [5.41, 5.74) is 2.13. The van der Waals surface area contributed by atoms with Gasteiger partial charge in [-0.15, -0.1) is 0 Å². The zero-order valence-electron chi connectivity index (χ0n) is 11.9. The van der Waals surface area contributed by atoms with Gasteiger partial charge in [0.25, 0.3) is 5.91 Å². The molecule has 1 aliphatic rings. The van der Waals surface area contributed by atoms with Gasteiger partial charge in [0, 0.05) is 5.56 Å². The van der Waals surface area contributed by atoms with Crippen molar-refractivity contribution in [3.63, 3.8) is 0 Å². The van der Waals surface area contributed by atoms with Crippen molar-refractivity contribution in [2.45, 2.75) is 6.04 Å². The Balaban J connectivity index is 2.39. The quantitative estimate of drug-likeness (QED) is 0.601. The van der Waals surface area contributed by atoms with Gasteiger partial charge >= 0.3 is 0 Å². The third kappa shape index (κ3) is 2.84. The molecule has 0 saturated carbocycles. The molecule has 1 heterocycles. The van der Waals surface area contributed by atoms with E-state index in [-0.39, 0.29) is 12.5 Å². The lowest BCUT2D eigenvalue weighted by atomic mass is 10.1. The topological polar surface area (TPSA) is 98.6 Å². The molecule has 0 spiro atoms. The molecule has 1 atom stereocenters. The largest absolute Gasteiger partial charge is 0.493 e. The van der Waals surface area contributed by atoms with Crippen LogP contribution in [0.2, 0.25) is 0 Å². The van der Waals surface area contributed by atoms with E-state index in [0.717, 1.165) is 0 Å². The van der Waals surface area contributed by atoms with Crippen LogP contribution in [0.3, 0.4) is 0 Å². The summed E-state index contributed by atoms with van der Waals surface area (Å²) in [5, 5.41) is 8.60. The molecular formula is C13H16N2O6. The summed E-state index contributed by atoms with van der Waals surface area (Å²) < 4.78 is 21.1. The minimum absolute atomic E-state index is 0.0540. The Morgan fingerprint density at radius 2 is 1.90 bits per heavy atom. The van der Waals surface area contributed by atoms with Gasteiger partial charge in [0.05, 0.1) is 21.3 Å². The molecule has 0 saturated heterocycles. The maximum Gasteiger partial charge on any atom is 0.271 e. The van der Waals surface area contributed by atoms with Crippen LogP contribution in [-0.4, -0.2) is 51.0 Å². The van der Waals surface area contributed by atoms with Crippen LogP contribution in [0.15, 0.2) is 17.1 Å². The van der Waals surface area contributed by atoms with Gasteiger partial charge in [-0.05, 0) is 12.1 Å². The summed E-state index contributed by atoms with van der Waals surface area (Å²) in [6.07, 6.45) is 0. The average Bonchev–Trinajstić information content (AvgIpc) is 3.02. The van der Waals surface area contributed by atoms with Crippen molar-refractivity contribution in [2.24, 2.45) is 4.99 Å². The Morgan fingerprint density at radius 3 is 2.38 bits per heavy atom. The van der Waals surface area contributed by atoms with E-state index in [1.54, 1.807) is 17.6 Å². The number of hydroxylamine groups is 1. The number of methoxy groups -OCH3 is 3. The molecule has 2 N–H and O–H groups in total. The molecular weight excluding hydrogens is 280 g/mol. The molecule has 21 heavy (non-hydrogen) atoms. The standard InChI is InChI=1S/C13H16N2O6/c1-18-9-4-7(5-10(19-2)11(9)20-3)13-14-8(6-21-13)12(16)15-17/h4-5,8,17H,6H2,1-3H3,(H,15,16)/t8-/m1/s1. The highest BCUT2D eigenvalue weighted by Gasteiger charge is 2.27. The van der Waals surface area contributed by atoms with E-state index in [2.05, 4.69) is 4.99 Å². The Bertz CT molecular complexity index is 547. The number of hydrogen-bond donors (Lipinski definition) is 2. The van der Waals surface area contributed by atoms with Gasteiger partial charge in [0.1, 0.15) is 6.61 Å². The lowest BCUT2D eigenvalue weighted by Gasteiger charge is -2.13. The van der Waals surface area contributed by atoms with Gasteiger partial charge in [-0.1, -0.05) is 0 Å². The van der Waals surface area contributed by atoms with E-state index in [9.17, 15) is 4.79 Å². The molecule has 8 nitrogen and oxygen atoms in total. The van der Waals surface area contributed by atoms with E-state index in [1.807, 2.05) is 0 Å². The van der Waals surface area contributed by atoms with Crippen LogP contribution >= 0.6 is 0 Å². The molecule has 0 bridgehead atoms. The molecule has 1 aromatic rings. The Morgan fingerprint density at radius 1 is 1.29 bits per heavy atom. The van der Waals surface area contributed by atoms with Gasteiger partial charge in [0.2, 0.25) is 11.6 Å². The van der Waals surface area contributed by atoms with Crippen molar-refractivity contribution >= 4 is 11.8 Å². The number of ether oxygens (including phenoxy) is 4. The summed E-state index contributed by atoms with van der Waals surface area (Å²) in [6, 6.07) is 2.54. The van der Waals surface area contributed by atoms with Gasteiger partial charge in [-0.3, -0.25) is 10.0 Å². The van der Waals surface area contributed by atoms with Gasteiger partial charge in [0.15, 0.2) is 17.5 Å². The summed E-state index contributed by atoms with van der Waals surface area (Å²) >= 11 is 0. The second kappa shape index (κ2) is 6.31. The Labute approximate surface area is 121 Å². The molecule has 0 unspecified atom stereocenters. The van der Waals surface area contributed by atoms with Gasteiger partial charge < -0.3 is 18.9 Å². The minimum Gasteiger partial charge on any atom is -0.493 e. The van der Waals surface area contributed by atoms with Crippen LogP contribution < -0.4 is 19.7 Å². The Hall–Kier alpha value is -2.48. The molecule has 1 amide bonds. The number of aliphatic imine (C=N–C) groups is 1. The lowest BCUT2D eigenvalue weighted by Crippen LogP contribution is -2.31. The molecule has 0 radical (unpaired) electrons. The fraction of sp³-hybridized carbons (Fsp3) is 0.385. The fourth-order valence-corrected chi connectivity index (χ4v) is 1.95. The predicted molar refractivity (Wildman–Crippen MR) is 72.3 cm³/mol. The fourth-order valence-electron chi connectivity index (χ4n) is 1.95. The highest BCUT2D eigenvalue weighted by atomic mass is 16.5. The summed E-state index contributed by atoms with van der Waals surface area (Å²) in [5.74, 6) is 0.994. The number of hydrogen-bond acceptors (Lipinski definition) is 7. The van der Waals surface area contributed by atoms with Gasteiger partial charge in [-0.25, -0.2) is 10.5 Å². The third-order valence-corrected chi connectivity index (χ3v) is 2.98. The first-order valence-corrected chi connectivity index (χ1v) is 6.09. The number of amides is 1. The molecule has 0 fully saturated rings. The van der Waals surface area contributed by atoms with E-state index < -0.39 is 11.9 Å². The first kappa shape index (κ1) is 14.9. The second-order valence-electron chi connectivity index (χ2n) is 4.15. The third-order valence-electron chi connectivity index (χ3n) is 2.98. The van der Waals surface area contributed by atoms with Crippen molar-refractivity contribution in [1.82, 2.24) is 5.48 Å². The van der Waals surface area contributed by atoms with Crippen LogP contribution in [0.4, 0.5) is 0 Å². The molecule has 2 rings (SSSR count). The molecule has 0 aliphatic carbocycles. The molecule has 0 aromatic heterocycles. The van der Waals surface area contributed by atoms with E-state index >= 15 is 0 Å². The van der Waals surface area contributed by atoms with E-state index in [4.69, 9.17) is 24.2 Å². The predicted octanol–water partition coefficient (Wildman–Crippen LogP) is 0.363. The summed E-state index contributed by atoms with van der Waals surface area (Å²) in [4.78, 5) is 15.4. The lowest BCUT2D eigenvalue weighted by molar-refractivity contribution is -0.130. The highest BCUT2D eigenvalue weighted by Crippen LogP contribution is 2.38. The van der Waals surface area contributed by atoms with Crippen LogP contribution in [0.1, 0.15) is 5.56 Å². The number of rotatable bonds is 5. The maximum atomic E-state index is 11.3. The zero-order valence-corrected chi connectivity index (χ0v) is 11.9. The van der Waals surface area contributed by atoms with E-state index in [0.29, 0.717) is 22.8 Å². The molecule has 1 aromatic carbocycles. The number of nitrogens with one attached hydrogen (secondary N) is 1. The SMILES string of the molecule is COc1cc(C2=N[C@@H](C(=O)NO)CO2)cc(OC)c1OC. The molecule has 8 heteroatoms. The normalized spacial score (nSPS) is 16.8. The van der Waals surface area contributed by atoms with Crippen LogP contribution in [0.25, 0.3) is 0 Å². The maximum absolute atomic E-state index is 11.3. The molecule has 1 aliphatic heterocycles. The van der Waals surface area contributed by atoms with Crippen molar-refractivity contribution < 1.29 is 28.9 Å². The van der Waals surface area contributed by atoms with Crippen LogP contribution in [0, 0.1) is 0 Å². The summed E-state index contributed by atoms with van der Waals surface area (Å²) in [7, 11) is 4.51. The number of benzene rings is 1. The first-order valence-electron chi connectivity index (χ1n) is 6.09.